The third-order valence-electron chi connectivity index (χ3n) is 2.24. The summed E-state index contributed by atoms with van der Waals surface area (Å²) in [5.74, 6) is 0.258. The van der Waals surface area contributed by atoms with Crippen LogP contribution < -0.4 is 5.32 Å². The normalized spacial score (nSPS) is 12.5. The molecule has 1 atom stereocenters. The molecule has 2 heteroatoms. The van der Waals surface area contributed by atoms with Crippen LogP contribution in [0.5, 0.6) is 0 Å². The maximum absolute atomic E-state index is 11.4. The van der Waals surface area contributed by atoms with Crippen molar-refractivity contribution in [3.63, 3.8) is 0 Å². The maximum atomic E-state index is 11.4. The number of rotatable bonds is 3. The van der Waals surface area contributed by atoms with Crippen LogP contribution in [0.1, 0.15) is 61.3 Å². The Morgan fingerprint density at radius 3 is 1.87 bits per heavy atom. The van der Waals surface area contributed by atoms with E-state index in [0.717, 1.165) is 13.0 Å². The fourth-order valence-corrected chi connectivity index (χ4v) is 0.795. The molecule has 0 saturated carbocycles. The second-order valence-electron chi connectivity index (χ2n) is 5.09. The molecule has 0 aliphatic carbocycles. The highest BCUT2D eigenvalue weighted by Crippen LogP contribution is 2.24. The molecule has 1 amide bonds. The summed E-state index contributed by atoms with van der Waals surface area (Å²) in [6.45, 7) is 15.3. The van der Waals surface area contributed by atoms with Crippen molar-refractivity contribution in [1.29, 1.82) is 0 Å². The lowest BCUT2D eigenvalue weighted by Gasteiger charge is -2.25. The van der Waals surface area contributed by atoms with Gasteiger partial charge in [-0.25, -0.2) is 0 Å². The van der Waals surface area contributed by atoms with E-state index in [1.165, 1.54) is 6.42 Å². The molecule has 0 aromatic carbocycles. The number of hydrogen-bond donors (Lipinski definition) is 1. The lowest BCUT2D eigenvalue weighted by atomic mass is 9.81. The minimum Gasteiger partial charge on any atom is -0.356 e. The lowest BCUT2D eigenvalue weighted by Crippen LogP contribution is -2.36. The zero-order chi connectivity index (χ0) is 12.5. The fourth-order valence-electron chi connectivity index (χ4n) is 0.795. The molecule has 0 fully saturated rings. The van der Waals surface area contributed by atoms with Crippen molar-refractivity contribution >= 4 is 5.91 Å². The van der Waals surface area contributed by atoms with E-state index in [-0.39, 0.29) is 17.2 Å². The number of carbonyl (C=O) groups is 1. The highest BCUT2D eigenvalue weighted by Gasteiger charge is 2.25. The Morgan fingerprint density at radius 1 is 1.20 bits per heavy atom. The molecule has 0 bridgehead atoms. The molecule has 0 aliphatic rings. The van der Waals surface area contributed by atoms with E-state index in [0.29, 0.717) is 0 Å². The molecule has 0 aromatic rings. The topological polar surface area (TPSA) is 29.1 Å². The van der Waals surface area contributed by atoms with Gasteiger partial charge in [0.25, 0.3) is 0 Å². The zero-order valence-corrected chi connectivity index (χ0v) is 11.6. The number of nitrogens with one attached hydrogen (secondary N) is 1. The SMILES string of the molecule is CCC.CCCNC(=O)C(C)C(C)(C)C. The Kier molecular flexibility index (Phi) is 9.85. The van der Waals surface area contributed by atoms with Gasteiger partial charge >= 0.3 is 0 Å². The van der Waals surface area contributed by atoms with Crippen LogP contribution in [0.4, 0.5) is 0 Å². The molecule has 0 rings (SSSR count). The summed E-state index contributed by atoms with van der Waals surface area (Å²) in [7, 11) is 0. The molecular formula is C13H29NO. The van der Waals surface area contributed by atoms with Crippen LogP contribution in [-0.2, 0) is 4.79 Å². The summed E-state index contributed by atoms with van der Waals surface area (Å²) in [5.41, 5.74) is 0.0673. The van der Waals surface area contributed by atoms with Crippen LogP contribution in [0.3, 0.4) is 0 Å². The van der Waals surface area contributed by atoms with E-state index in [2.05, 4.69) is 46.9 Å². The van der Waals surface area contributed by atoms with Crippen molar-refractivity contribution in [3.8, 4) is 0 Å². The molecule has 0 aromatic heterocycles. The van der Waals surface area contributed by atoms with Crippen LogP contribution in [0.15, 0.2) is 0 Å². The highest BCUT2D eigenvalue weighted by molar-refractivity contribution is 5.78. The Labute approximate surface area is 95.8 Å². The van der Waals surface area contributed by atoms with Crippen LogP contribution in [0, 0.1) is 11.3 Å². The van der Waals surface area contributed by atoms with E-state index in [1.807, 2.05) is 6.92 Å². The number of amides is 1. The quantitative estimate of drug-likeness (QED) is 0.765. The smallest absolute Gasteiger partial charge is 0.223 e. The molecule has 1 N–H and O–H groups in total. The first-order chi connectivity index (χ1) is 6.81. The number of hydrogen-bond acceptors (Lipinski definition) is 1. The second-order valence-corrected chi connectivity index (χ2v) is 5.09. The second kappa shape index (κ2) is 8.75. The van der Waals surface area contributed by atoms with Crippen LogP contribution in [0.25, 0.3) is 0 Å². The molecule has 0 aliphatic heterocycles. The van der Waals surface area contributed by atoms with E-state index in [9.17, 15) is 4.79 Å². The van der Waals surface area contributed by atoms with Gasteiger partial charge in [-0.15, -0.1) is 0 Å². The minimum absolute atomic E-state index is 0.0673. The van der Waals surface area contributed by atoms with Gasteiger partial charge in [0.2, 0.25) is 5.91 Å². The van der Waals surface area contributed by atoms with Gasteiger partial charge in [0.05, 0.1) is 0 Å². The average molecular weight is 215 g/mol. The van der Waals surface area contributed by atoms with Gasteiger partial charge in [-0.3, -0.25) is 4.79 Å². The van der Waals surface area contributed by atoms with E-state index < -0.39 is 0 Å². The largest absolute Gasteiger partial charge is 0.356 e. The van der Waals surface area contributed by atoms with Crippen LogP contribution >= 0.6 is 0 Å². The highest BCUT2D eigenvalue weighted by atomic mass is 16.1. The first-order valence-corrected chi connectivity index (χ1v) is 6.08. The Hall–Kier alpha value is -0.530. The molecule has 0 spiro atoms. The van der Waals surface area contributed by atoms with Crippen LogP contribution in [0.2, 0.25) is 0 Å². The van der Waals surface area contributed by atoms with E-state index in [4.69, 9.17) is 0 Å². The fraction of sp³-hybridized carbons (Fsp3) is 0.923. The van der Waals surface area contributed by atoms with Crippen molar-refractivity contribution < 1.29 is 4.79 Å². The van der Waals surface area contributed by atoms with Gasteiger partial charge in [0.1, 0.15) is 0 Å². The zero-order valence-electron chi connectivity index (χ0n) is 11.6. The summed E-state index contributed by atoms with van der Waals surface area (Å²) in [5, 5.41) is 2.90. The van der Waals surface area contributed by atoms with E-state index in [1.54, 1.807) is 0 Å². The first-order valence-electron chi connectivity index (χ1n) is 6.08. The Balaban J connectivity index is 0. The predicted octanol–water partition coefficient (Wildman–Crippen LogP) is 3.61. The van der Waals surface area contributed by atoms with Gasteiger partial charge in [0, 0.05) is 12.5 Å². The van der Waals surface area contributed by atoms with Gasteiger partial charge in [-0.05, 0) is 11.8 Å². The predicted molar refractivity (Wildman–Crippen MR) is 67.9 cm³/mol. The standard InChI is InChI=1S/C10H21NO.C3H8/c1-6-7-11-9(12)8(2)10(3,4)5;1-3-2/h8H,6-7H2,1-5H3,(H,11,12);3H2,1-2H3. The van der Waals surface area contributed by atoms with Gasteiger partial charge in [-0.1, -0.05) is 54.9 Å². The monoisotopic (exact) mass is 215 g/mol. The summed E-state index contributed by atoms with van der Waals surface area (Å²) in [4.78, 5) is 11.4. The van der Waals surface area contributed by atoms with Gasteiger partial charge in [-0.2, -0.15) is 0 Å². The summed E-state index contributed by atoms with van der Waals surface area (Å²) >= 11 is 0. The minimum atomic E-state index is 0.0673. The number of carbonyl (C=O) groups excluding carboxylic acids is 1. The van der Waals surface area contributed by atoms with Crippen molar-refractivity contribution in [2.24, 2.45) is 11.3 Å². The third-order valence-corrected chi connectivity index (χ3v) is 2.24. The molecule has 2 nitrogen and oxygen atoms in total. The molecule has 15 heavy (non-hydrogen) atoms. The first kappa shape index (κ1) is 16.9. The molecule has 1 unspecified atom stereocenters. The summed E-state index contributed by atoms with van der Waals surface area (Å²) in [6, 6.07) is 0. The Morgan fingerprint density at radius 2 is 1.60 bits per heavy atom. The molecule has 0 saturated heterocycles. The summed E-state index contributed by atoms with van der Waals surface area (Å²) < 4.78 is 0. The van der Waals surface area contributed by atoms with Crippen molar-refractivity contribution in [2.75, 3.05) is 6.54 Å². The average Bonchev–Trinajstić information content (AvgIpc) is 2.12. The summed E-state index contributed by atoms with van der Waals surface area (Å²) in [6.07, 6.45) is 2.25. The molecular weight excluding hydrogens is 186 g/mol. The third kappa shape index (κ3) is 9.77. The van der Waals surface area contributed by atoms with E-state index >= 15 is 0 Å². The maximum Gasteiger partial charge on any atom is 0.223 e. The molecule has 0 radical (unpaired) electrons. The molecule has 92 valence electrons. The van der Waals surface area contributed by atoms with Crippen molar-refractivity contribution in [1.82, 2.24) is 5.32 Å². The Bertz CT molecular complexity index is 158. The van der Waals surface area contributed by atoms with Crippen molar-refractivity contribution in [3.05, 3.63) is 0 Å². The van der Waals surface area contributed by atoms with Crippen LogP contribution in [-0.4, -0.2) is 12.5 Å². The lowest BCUT2D eigenvalue weighted by molar-refractivity contribution is -0.127. The van der Waals surface area contributed by atoms with Gasteiger partial charge in [0.15, 0.2) is 0 Å². The van der Waals surface area contributed by atoms with Crippen molar-refractivity contribution in [2.45, 2.75) is 61.3 Å². The van der Waals surface area contributed by atoms with Gasteiger partial charge < -0.3 is 5.32 Å². The molecule has 0 heterocycles.